The number of pyridine rings is 2. The number of hydrogen-bond donors (Lipinski definition) is 2. The molecule has 15 nitrogen and oxygen atoms in total. The topological polar surface area (TPSA) is 173 Å². The van der Waals surface area contributed by atoms with Crippen LogP contribution in [0.5, 0.6) is 11.6 Å². The number of methoxy groups -OCH3 is 1. The zero-order chi connectivity index (χ0) is 35.3. The van der Waals surface area contributed by atoms with Crippen molar-refractivity contribution in [3.63, 3.8) is 0 Å². The van der Waals surface area contributed by atoms with Gasteiger partial charge in [-0.1, -0.05) is 6.92 Å². The number of piperazine rings is 1. The molecule has 7 rings (SSSR count). The number of nitrogens with one attached hydrogen (secondary N) is 1. The maximum atomic E-state index is 14.5. The zero-order valence-electron chi connectivity index (χ0n) is 28.0. The molecule has 50 heavy (non-hydrogen) atoms. The summed E-state index contributed by atoms with van der Waals surface area (Å²) >= 11 is 0. The van der Waals surface area contributed by atoms with Crippen molar-refractivity contribution in [2.75, 3.05) is 25.1 Å². The van der Waals surface area contributed by atoms with Crippen LogP contribution in [0.2, 0.25) is 0 Å². The number of fused-ring (bicyclic) bond motifs is 2. The first-order valence-corrected chi connectivity index (χ1v) is 16.8. The number of aromatic nitrogens is 7. The lowest BCUT2D eigenvalue weighted by Gasteiger charge is -2.54. The van der Waals surface area contributed by atoms with Gasteiger partial charge in [0.05, 0.1) is 24.5 Å². The van der Waals surface area contributed by atoms with Gasteiger partial charge in [-0.25, -0.2) is 23.7 Å². The lowest BCUT2D eigenvalue weighted by Crippen LogP contribution is -2.67. The molecule has 2 aliphatic carbocycles. The lowest BCUT2D eigenvalue weighted by molar-refractivity contribution is -0.123. The normalized spacial score (nSPS) is 20.3. The van der Waals surface area contributed by atoms with E-state index in [4.69, 9.17) is 4.74 Å². The summed E-state index contributed by atoms with van der Waals surface area (Å²) in [5.41, 5.74) is 1.57. The summed E-state index contributed by atoms with van der Waals surface area (Å²) in [4.78, 5) is 58.8. The summed E-state index contributed by atoms with van der Waals surface area (Å²) in [6.07, 6.45) is 4.30. The van der Waals surface area contributed by atoms with Crippen molar-refractivity contribution >= 4 is 28.7 Å². The van der Waals surface area contributed by atoms with E-state index < -0.39 is 11.8 Å². The second kappa shape index (κ2) is 12.9. The predicted octanol–water partition coefficient (Wildman–Crippen LogP) is 2.54. The summed E-state index contributed by atoms with van der Waals surface area (Å²) in [6.45, 7) is 3.85. The monoisotopic (exact) mass is 692 g/mol. The third-order valence-corrected chi connectivity index (χ3v) is 10.1. The van der Waals surface area contributed by atoms with Gasteiger partial charge in [-0.2, -0.15) is 0 Å². The molecule has 2 N–H and O–H groups in total. The van der Waals surface area contributed by atoms with Crippen LogP contribution in [0.15, 0.2) is 29.5 Å². The fourth-order valence-electron chi connectivity index (χ4n) is 7.33. The first-order valence-electron chi connectivity index (χ1n) is 16.8. The summed E-state index contributed by atoms with van der Waals surface area (Å²) in [6, 6.07) is 2.44. The van der Waals surface area contributed by atoms with E-state index in [9.17, 15) is 28.3 Å². The molecule has 4 aromatic heterocycles. The highest BCUT2D eigenvalue weighted by Gasteiger charge is 2.47. The van der Waals surface area contributed by atoms with E-state index >= 15 is 0 Å². The average Bonchev–Trinajstić information content (AvgIpc) is 3.54. The zero-order valence-corrected chi connectivity index (χ0v) is 28.0. The fourth-order valence-corrected chi connectivity index (χ4v) is 7.33. The Morgan fingerprint density at radius 2 is 1.84 bits per heavy atom. The van der Waals surface area contributed by atoms with Crippen LogP contribution in [0.3, 0.4) is 0 Å². The molecule has 3 aliphatic rings. The summed E-state index contributed by atoms with van der Waals surface area (Å²) in [5.74, 6) is -3.46. The van der Waals surface area contributed by atoms with Gasteiger partial charge in [-0.15, -0.1) is 15.0 Å². The summed E-state index contributed by atoms with van der Waals surface area (Å²) in [5, 5.41) is 22.7. The molecule has 0 bridgehead atoms. The molecule has 0 radical (unpaired) electrons. The van der Waals surface area contributed by atoms with Crippen LogP contribution in [0.25, 0.3) is 16.9 Å². The van der Waals surface area contributed by atoms with Gasteiger partial charge in [0, 0.05) is 56.0 Å². The molecule has 264 valence electrons. The SMILES string of the molecule is CCc1c(N2CCN(C(=O)c3ncnc(C)c3O)[C@H]3CC[C@@H]32)c(=O)c2nn(-c3ccnc(OC)c3)nc2n1CC(=O)NC1CCC(F)(F)CC1. The minimum absolute atomic E-state index is 0.0499. The number of amides is 2. The van der Waals surface area contributed by atoms with Gasteiger partial charge in [0.2, 0.25) is 23.1 Å². The first kappa shape index (κ1) is 33.3. The Bertz CT molecular complexity index is 2020. The van der Waals surface area contributed by atoms with Crippen LogP contribution in [-0.4, -0.2) is 101 Å². The Labute approximate surface area is 285 Å². The van der Waals surface area contributed by atoms with Gasteiger partial charge in [0.25, 0.3) is 5.91 Å². The smallest absolute Gasteiger partial charge is 0.276 e. The largest absolute Gasteiger partial charge is 0.504 e. The van der Waals surface area contributed by atoms with Gasteiger partial charge in [-0.3, -0.25) is 14.4 Å². The fraction of sp³-hybridized carbons (Fsp3) is 0.515. The second-order valence-corrected chi connectivity index (χ2v) is 13.0. The van der Waals surface area contributed by atoms with Crippen LogP contribution >= 0.6 is 0 Å². The van der Waals surface area contributed by atoms with E-state index in [1.54, 1.807) is 28.5 Å². The number of hydrogen-bond acceptors (Lipinski definition) is 11. The third kappa shape index (κ3) is 5.87. The maximum Gasteiger partial charge on any atom is 0.276 e. The molecule has 0 aromatic carbocycles. The maximum absolute atomic E-state index is 14.5. The number of alkyl halides is 2. The van der Waals surface area contributed by atoms with E-state index in [0.717, 1.165) is 0 Å². The molecule has 2 atom stereocenters. The van der Waals surface area contributed by atoms with Gasteiger partial charge in [0.15, 0.2) is 22.6 Å². The number of carbonyl (C=O) groups is 2. The van der Waals surface area contributed by atoms with E-state index in [0.29, 0.717) is 54.4 Å². The molecule has 2 amide bonds. The van der Waals surface area contributed by atoms with Crippen molar-refractivity contribution < 1.29 is 28.2 Å². The molecule has 1 aliphatic heterocycles. The highest BCUT2D eigenvalue weighted by molar-refractivity contribution is 5.95. The first-order chi connectivity index (χ1) is 24.0. The predicted molar refractivity (Wildman–Crippen MR) is 176 cm³/mol. The Balaban J connectivity index is 1.27. The number of halogens is 2. The van der Waals surface area contributed by atoms with Crippen molar-refractivity contribution in [3.8, 4) is 17.3 Å². The molecule has 17 heteroatoms. The van der Waals surface area contributed by atoms with Crippen molar-refractivity contribution in [2.24, 2.45) is 0 Å². The average molecular weight is 693 g/mol. The van der Waals surface area contributed by atoms with Crippen LogP contribution < -0.4 is 20.4 Å². The van der Waals surface area contributed by atoms with Crippen LogP contribution in [-0.2, 0) is 17.8 Å². The summed E-state index contributed by atoms with van der Waals surface area (Å²) < 4.78 is 34.6. The number of carbonyl (C=O) groups excluding carboxylic acids is 2. The standard InChI is InChI=1S/C33H38F2N10O5/c1-4-21-28(42-13-14-43(23-6-5-22(23)42)32(49)27-29(47)18(2)37-17-38-27)30(48)26-31(41-45(40-26)20-9-12-36-25(15-20)50-3)44(21)16-24(46)39-19-7-10-33(34,35)11-8-19/h9,12,15,17,19,22-23,47H,4-8,10-11,13-14,16H2,1-3H3,(H,39,46)/t22-,23-/m0/s1. The number of ether oxygens (including phenoxy) is 1. The number of aromatic hydroxyl groups is 1. The van der Waals surface area contributed by atoms with Crippen molar-refractivity contribution in [1.29, 1.82) is 0 Å². The molecule has 5 heterocycles. The third-order valence-electron chi connectivity index (χ3n) is 10.1. The van der Waals surface area contributed by atoms with Crippen LogP contribution in [0.1, 0.15) is 67.3 Å². The van der Waals surface area contributed by atoms with Crippen molar-refractivity contribution in [2.45, 2.75) is 89.4 Å². The summed E-state index contributed by atoms with van der Waals surface area (Å²) in [7, 11) is 1.48. The second-order valence-electron chi connectivity index (χ2n) is 13.0. The van der Waals surface area contributed by atoms with Crippen molar-refractivity contribution in [3.05, 3.63) is 52.0 Å². The van der Waals surface area contributed by atoms with Gasteiger partial charge < -0.3 is 29.5 Å². The molecular formula is C33H38F2N10O5. The quantitative estimate of drug-likeness (QED) is 0.278. The minimum atomic E-state index is -2.73. The number of aryl methyl sites for hydroxylation is 1. The van der Waals surface area contributed by atoms with Crippen LogP contribution in [0.4, 0.5) is 14.5 Å². The Kier molecular flexibility index (Phi) is 8.59. The molecule has 0 spiro atoms. The lowest BCUT2D eigenvalue weighted by atomic mass is 9.81. The Morgan fingerprint density at radius 3 is 2.54 bits per heavy atom. The molecule has 0 unspecified atom stereocenters. The number of rotatable bonds is 8. The van der Waals surface area contributed by atoms with E-state index in [2.05, 4.69) is 30.5 Å². The molecular weight excluding hydrogens is 654 g/mol. The number of nitrogens with zero attached hydrogens (tertiary/aromatic N) is 9. The highest BCUT2D eigenvalue weighted by atomic mass is 19.3. The Hall–Kier alpha value is -5.22. The molecule has 4 aromatic rings. The van der Waals surface area contributed by atoms with E-state index in [1.807, 2.05) is 11.8 Å². The molecule has 2 saturated carbocycles. The molecule has 1 saturated heterocycles. The minimum Gasteiger partial charge on any atom is -0.504 e. The van der Waals surface area contributed by atoms with Gasteiger partial charge in [-0.05, 0) is 45.1 Å². The number of anilines is 1. The molecule has 3 fully saturated rings. The van der Waals surface area contributed by atoms with Gasteiger partial charge in [0.1, 0.15) is 18.6 Å². The van der Waals surface area contributed by atoms with Crippen molar-refractivity contribution in [1.82, 2.24) is 44.7 Å². The van der Waals surface area contributed by atoms with E-state index in [-0.39, 0.29) is 90.8 Å². The highest BCUT2D eigenvalue weighted by Crippen LogP contribution is 2.39. The Morgan fingerprint density at radius 1 is 1.08 bits per heavy atom. The van der Waals surface area contributed by atoms with Crippen LogP contribution in [0, 0.1) is 6.92 Å². The van der Waals surface area contributed by atoms with E-state index in [1.165, 1.54) is 24.4 Å². The van der Waals surface area contributed by atoms with Gasteiger partial charge >= 0.3 is 0 Å².